The number of ether oxygens (including phenoxy) is 1. The van der Waals surface area contributed by atoms with Crippen LogP contribution >= 0.6 is 34.9 Å². The maximum absolute atomic E-state index is 5.88. The van der Waals surface area contributed by atoms with E-state index in [9.17, 15) is 0 Å². The van der Waals surface area contributed by atoms with Crippen molar-refractivity contribution in [1.82, 2.24) is 24.5 Å². The maximum Gasteiger partial charge on any atom is 0.215 e. The lowest BCUT2D eigenvalue weighted by Gasteiger charge is -1.94. The highest BCUT2D eigenvalue weighted by molar-refractivity contribution is 8.00. The third kappa shape index (κ3) is 3.83. The molecule has 0 atom stereocenters. The number of H-pyrrole nitrogens is 1. The molecule has 0 saturated heterocycles. The third-order valence-electron chi connectivity index (χ3n) is 2.74. The molecule has 3 rings (SSSR count). The Morgan fingerprint density at radius 1 is 1.27 bits per heavy atom. The number of rotatable bonds is 6. The van der Waals surface area contributed by atoms with E-state index in [1.807, 2.05) is 24.3 Å². The molecule has 2 aromatic heterocycles. The van der Waals surface area contributed by atoms with Crippen molar-refractivity contribution in [2.45, 2.75) is 15.9 Å². The Bertz CT molecular complexity index is 743. The fraction of sp³-hybridized carbons (Fsp3) is 0.231. The summed E-state index contributed by atoms with van der Waals surface area (Å²) in [5.74, 6) is 1.48. The summed E-state index contributed by atoms with van der Waals surface area (Å²) in [5, 5.41) is 8.40. The maximum atomic E-state index is 5.88. The predicted molar refractivity (Wildman–Crippen MR) is 86.4 cm³/mol. The van der Waals surface area contributed by atoms with Gasteiger partial charge in [-0.1, -0.05) is 11.6 Å². The number of aromatic nitrogens is 5. The molecule has 3 aromatic rings. The minimum absolute atomic E-state index is 0.611. The first kappa shape index (κ1) is 15.4. The monoisotopic (exact) mass is 353 g/mol. The number of nitrogens with one attached hydrogen (secondary N) is 1. The van der Waals surface area contributed by atoms with Gasteiger partial charge in [-0.3, -0.25) is 5.10 Å². The zero-order valence-corrected chi connectivity index (χ0v) is 14.0. The van der Waals surface area contributed by atoms with Crippen molar-refractivity contribution in [3.8, 4) is 11.4 Å². The fourth-order valence-corrected chi connectivity index (χ4v) is 3.29. The molecule has 0 aliphatic rings. The van der Waals surface area contributed by atoms with Gasteiger partial charge >= 0.3 is 0 Å². The van der Waals surface area contributed by atoms with Crippen LogP contribution in [0.15, 0.2) is 33.8 Å². The van der Waals surface area contributed by atoms with Crippen LogP contribution in [0.5, 0.6) is 0 Å². The lowest BCUT2D eigenvalue weighted by molar-refractivity contribution is 0.200. The molecule has 0 unspecified atom stereocenters. The van der Waals surface area contributed by atoms with Crippen LogP contribution in [0, 0.1) is 0 Å². The van der Waals surface area contributed by atoms with Crippen LogP contribution in [0.25, 0.3) is 11.4 Å². The fourth-order valence-electron chi connectivity index (χ4n) is 1.68. The van der Waals surface area contributed by atoms with Gasteiger partial charge in [-0.05, 0) is 47.6 Å². The molecule has 22 heavy (non-hydrogen) atoms. The molecule has 0 radical (unpaired) electrons. The first-order valence-corrected chi connectivity index (χ1v) is 8.39. The van der Waals surface area contributed by atoms with Crippen molar-refractivity contribution in [3.05, 3.63) is 35.1 Å². The molecule has 0 bridgehead atoms. The Morgan fingerprint density at radius 2 is 2.09 bits per heavy atom. The van der Waals surface area contributed by atoms with E-state index in [1.165, 1.54) is 23.3 Å². The Morgan fingerprint density at radius 3 is 2.86 bits per heavy atom. The molecule has 1 aromatic carbocycles. The van der Waals surface area contributed by atoms with Crippen molar-refractivity contribution in [1.29, 1.82) is 0 Å². The highest BCUT2D eigenvalue weighted by Gasteiger charge is 2.11. The Hall–Kier alpha value is -1.48. The van der Waals surface area contributed by atoms with E-state index in [0.717, 1.165) is 15.7 Å². The molecule has 0 saturated carbocycles. The summed E-state index contributed by atoms with van der Waals surface area (Å²) in [6.45, 7) is 0.613. The van der Waals surface area contributed by atoms with Crippen LogP contribution in [0.1, 0.15) is 5.82 Å². The van der Waals surface area contributed by atoms with E-state index in [2.05, 4.69) is 24.5 Å². The molecule has 1 N–H and O–H groups in total. The number of benzene rings is 1. The van der Waals surface area contributed by atoms with Crippen LogP contribution in [-0.2, 0) is 11.2 Å². The van der Waals surface area contributed by atoms with Crippen LogP contribution in [0.3, 0.4) is 0 Å². The van der Waals surface area contributed by atoms with Gasteiger partial charge in [0.05, 0.1) is 6.61 Å². The Labute approximate surface area is 140 Å². The number of halogens is 1. The first-order valence-electron chi connectivity index (χ1n) is 6.42. The number of methoxy groups -OCH3 is 1. The average Bonchev–Trinajstić information content (AvgIpc) is 3.16. The minimum atomic E-state index is 0.611. The molecule has 0 aliphatic heterocycles. The molecule has 0 amide bonds. The zero-order valence-electron chi connectivity index (χ0n) is 11.6. The molecule has 9 heteroatoms. The van der Waals surface area contributed by atoms with Crippen molar-refractivity contribution in [2.75, 3.05) is 13.7 Å². The molecule has 0 fully saturated rings. The van der Waals surface area contributed by atoms with Gasteiger partial charge in [0.25, 0.3) is 0 Å². The molecule has 6 nitrogen and oxygen atoms in total. The van der Waals surface area contributed by atoms with Crippen molar-refractivity contribution in [3.63, 3.8) is 0 Å². The van der Waals surface area contributed by atoms with Crippen LogP contribution in [0.4, 0.5) is 0 Å². The largest absolute Gasteiger partial charge is 0.384 e. The number of hydrogen-bond acceptors (Lipinski definition) is 7. The summed E-state index contributed by atoms with van der Waals surface area (Å²) < 4.78 is 10.1. The van der Waals surface area contributed by atoms with Crippen molar-refractivity contribution < 1.29 is 4.74 Å². The molecule has 0 aliphatic carbocycles. The SMILES string of the molecule is COCCc1nsc(Sc2n[nH]c(-c3ccc(Cl)cc3)n2)n1. The van der Waals surface area contributed by atoms with E-state index < -0.39 is 0 Å². The summed E-state index contributed by atoms with van der Waals surface area (Å²) in [5.41, 5.74) is 0.932. The first-order chi connectivity index (χ1) is 10.7. The summed E-state index contributed by atoms with van der Waals surface area (Å²) in [6, 6.07) is 7.42. The second kappa shape index (κ2) is 7.19. The molecule has 0 spiro atoms. The minimum Gasteiger partial charge on any atom is -0.384 e. The van der Waals surface area contributed by atoms with Gasteiger partial charge in [0, 0.05) is 24.1 Å². The van der Waals surface area contributed by atoms with Gasteiger partial charge in [0.15, 0.2) is 10.2 Å². The number of nitrogens with zero attached hydrogens (tertiary/aromatic N) is 4. The Kier molecular flexibility index (Phi) is 5.04. The number of aromatic amines is 1. The zero-order chi connectivity index (χ0) is 15.4. The van der Waals surface area contributed by atoms with Gasteiger partial charge in [0.2, 0.25) is 5.16 Å². The van der Waals surface area contributed by atoms with Gasteiger partial charge in [0.1, 0.15) is 5.82 Å². The number of hydrogen-bond donors (Lipinski definition) is 1. The average molecular weight is 354 g/mol. The second-order valence-corrected chi connectivity index (χ2v) is 6.70. The second-order valence-electron chi connectivity index (χ2n) is 4.29. The molecule has 114 valence electrons. The van der Waals surface area contributed by atoms with E-state index in [4.69, 9.17) is 16.3 Å². The predicted octanol–water partition coefficient (Wildman–Crippen LogP) is 3.32. The lowest BCUT2D eigenvalue weighted by atomic mass is 10.2. The van der Waals surface area contributed by atoms with Crippen LogP contribution in [0.2, 0.25) is 5.02 Å². The van der Waals surface area contributed by atoms with Crippen LogP contribution in [-0.4, -0.2) is 38.3 Å². The van der Waals surface area contributed by atoms with Crippen LogP contribution < -0.4 is 0 Å². The standard InChI is InChI=1S/C13H12ClN5OS2/c1-20-7-6-10-15-13(22-19-10)21-12-16-11(17-18-12)8-2-4-9(14)5-3-8/h2-5H,6-7H2,1H3,(H,16,17,18). The van der Waals surface area contributed by atoms with Gasteiger partial charge in [-0.25, -0.2) is 9.97 Å². The third-order valence-corrected chi connectivity index (χ3v) is 4.65. The van der Waals surface area contributed by atoms with Gasteiger partial charge in [-0.2, -0.15) is 4.37 Å². The summed E-state index contributed by atoms with van der Waals surface area (Å²) in [4.78, 5) is 8.86. The summed E-state index contributed by atoms with van der Waals surface area (Å²) in [7, 11) is 1.66. The topological polar surface area (TPSA) is 76.6 Å². The highest BCUT2D eigenvalue weighted by Crippen LogP contribution is 2.28. The summed E-state index contributed by atoms with van der Waals surface area (Å²) in [6.07, 6.45) is 0.706. The van der Waals surface area contributed by atoms with E-state index in [1.54, 1.807) is 7.11 Å². The van der Waals surface area contributed by atoms with E-state index >= 15 is 0 Å². The van der Waals surface area contributed by atoms with Gasteiger partial charge in [-0.15, -0.1) is 5.10 Å². The quantitative estimate of drug-likeness (QED) is 0.732. The smallest absolute Gasteiger partial charge is 0.215 e. The van der Waals surface area contributed by atoms with E-state index in [-0.39, 0.29) is 0 Å². The summed E-state index contributed by atoms with van der Waals surface area (Å²) >= 11 is 8.60. The molecular formula is C13H12ClN5OS2. The normalized spacial score (nSPS) is 11.0. The molecular weight excluding hydrogens is 342 g/mol. The van der Waals surface area contributed by atoms with Crippen molar-refractivity contribution in [2.24, 2.45) is 0 Å². The van der Waals surface area contributed by atoms with Crippen molar-refractivity contribution >= 4 is 34.9 Å². The highest BCUT2D eigenvalue weighted by atomic mass is 35.5. The van der Waals surface area contributed by atoms with Gasteiger partial charge < -0.3 is 4.74 Å². The Balaban J connectivity index is 1.69. The van der Waals surface area contributed by atoms with E-state index in [0.29, 0.717) is 29.0 Å². The lowest BCUT2D eigenvalue weighted by Crippen LogP contribution is -1.95. The molecule has 2 heterocycles.